The van der Waals surface area contributed by atoms with Gasteiger partial charge < -0.3 is 24.3 Å². The molecule has 2 aromatic rings. The van der Waals surface area contributed by atoms with Crippen LogP contribution in [0.4, 0.5) is 29.1 Å². The number of carbonyl (C=O) groups is 1. The molecule has 0 unspecified atom stereocenters. The maximum absolute atomic E-state index is 14.6. The largest absolute Gasteiger partial charge is 0.455 e. The van der Waals surface area contributed by atoms with Crippen LogP contribution in [0, 0.1) is 12.4 Å². The summed E-state index contributed by atoms with van der Waals surface area (Å²) in [6.45, 7) is 15.4. The highest BCUT2D eigenvalue weighted by molar-refractivity contribution is 5.87. The van der Waals surface area contributed by atoms with Gasteiger partial charge in [0.1, 0.15) is 28.8 Å². The van der Waals surface area contributed by atoms with Crippen LogP contribution in [0.15, 0.2) is 30.9 Å². The van der Waals surface area contributed by atoms with Gasteiger partial charge in [0.25, 0.3) is 0 Å². The highest BCUT2D eigenvalue weighted by atomic mass is 19.4. The lowest BCUT2D eigenvalue weighted by Crippen LogP contribution is -2.56. The number of amides is 1. The number of carbonyl (C=O) groups excluding carboxylic acids is 1. The summed E-state index contributed by atoms with van der Waals surface area (Å²) in [5.74, 6) is -0.936. The molecule has 4 heterocycles. The Labute approximate surface area is 266 Å². The fourth-order valence-corrected chi connectivity index (χ4v) is 7.53. The van der Waals surface area contributed by atoms with Crippen molar-refractivity contribution in [1.29, 1.82) is 0 Å². The molecule has 46 heavy (non-hydrogen) atoms. The standard InChI is InChI=1S/C33H39F4N7O2/c1-3-28(45)44-18-17-43(20-23(44)19-38-2)30-24-11-16-42(27-10-8-9-25(34)29(27)33(35,36)37)21-26(24)39-31(40-30)46-32(12-4-5-13-32)22-41-14-6-7-15-41/h3,8-10,23H,1,4-7,11-22H2/t23-/m0/s1. The third kappa shape index (κ3) is 6.49. The Hall–Kier alpha value is -3.92. The van der Waals surface area contributed by atoms with Crippen molar-refractivity contribution in [3.63, 3.8) is 0 Å². The van der Waals surface area contributed by atoms with Gasteiger partial charge >= 0.3 is 12.2 Å². The molecule has 6 rings (SSSR count). The van der Waals surface area contributed by atoms with Crippen LogP contribution < -0.4 is 14.5 Å². The minimum atomic E-state index is -4.86. The number of likely N-dealkylation sites (tertiary alicyclic amines) is 1. The molecule has 3 aliphatic heterocycles. The van der Waals surface area contributed by atoms with Crippen LogP contribution in [-0.2, 0) is 23.9 Å². The molecule has 4 aliphatic rings. The Morgan fingerprint density at radius 1 is 1.09 bits per heavy atom. The van der Waals surface area contributed by atoms with Gasteiger partial charge in [0, 0.05) is 38.3 Å². The number of anilines is 2. The van der Waals surface area contributed by atoms with Crippen molar-refractivity contribution < 1.29 is 27.1 Å². The van der Waals surface area contributed by atoms with E-state index in [1.54, 1.807) is 4.90 Å². The molecule has 1 aromatic heterocycles. The van der Waals surface area contributed by atoms with Crippen LogP contribution in [0.1, 0.15) is 55.3 Å². The molecule has 13 heteroatoms. The van der Waals surface area contributed by atoms with Crippen LogP contribution in [0.2, 0.25) is 0 Å². The van der Waals surface area contributed by atoms with Crippen molar-refractivity contribution in [2.24, 2.45) is 0 Å². The average molecular weight is 642 g/mol. The van der Waals surface area contributed by atoms with E-state index >= 15 is 0 Å². The van der Waals surface area contributed by atoms with Gasteiger partial charge in [-0.1, -0.05) is 12.6 Å². The quantitative estimate of drug-likeness (QED) is 0.226. The van der Waals surface area contributed by atoms with Gasteiger partial charge in [-0.3, -0.25) is 9.69 Å². The van der Waals surface area contributed by atoms with Crippen molar-refractivity contribution >= 4 is 17.4 Å². The Bertz CT molecular complexity index is 1500. The third-order valence-corrected chi connectivity index (χ3v) is 9.71. The number of halogens is 4. The van der Waals surface area contributed by atoms with Gasteiger partial charge in [0.2, 0.25) is 12.5 Å². The SMILES string of the molecule is [C-]#[N+]C[C@H]1CN(c2nc(OC3(CN4CCCC4)CCCC3)nc3c2CCN(c2cccc(F)c2C(F)(F)F)C3)CCN1C(=O)C=C. The number of nitrogens with zero attached hydrogens (tertiary/aromatic N) is 7. The topological polar surface area (TPSA) is 69.4 Å². The highest BCUT2D eigenvalue weighted by Gasteiger charge is 2.42. The summed E-state index contributed by atoms with van der Waals surface area (Å²) >= 11 is 0. The first-order valence-corrected chi connectivity index (χ1v) is 16.0. The molecule has 0 bridgehead atoms. The lowest BCUT2D eigenvalue weighted by Gasteiger charge is -2.41. The fourth-order valence-electron chi connectivity index (χ4n) is 7.53. The van der Waals surface area contributed by atoms with Gasteiger partial charge in [-0.2, -0.15) is 23.1 Å². The Kier molecular flexibility index (Phi) is 9.10. The lowest BCUT2D eigenvalue weighted by atomic mass is 10.0. The van der Waals surface area contributed by atoms with E-state index in [0.29, 0.717) is 37.6 Å². The summed E-state index contributed by atoms with van der Waals surface area (Å²) in [5, 5.41) is 0. The first kappa shape index (κ1) is 32.0. The summed E-state index contributed by atoms with van der Waals surface area (Å²) in [6.07, 6.45) is 2.79. The molecule has 0 radical (unpaired) electrons. The van der Waals surface area contributed by atoms with E-state index in [0.717, 1.165) is 69.8 Å². The molecule has 246 valence electrons. The molecule has 1 aromatic carbocycles. The maximum atomic E-state index is 14.6. The van der Waals surface area contributed by atoms with Gasteiger partial charge in [-0.15, -0.1) is 0 Å². The molecule has 1 atom stereocenters. The average Bonchev–Trinajstić information content (AvgIpc) is 3.72. The van der Waals surface area contributed by atoms with E-state index in [9.17, 15) is 22.4 Å². The summed E-state index contributed by atoms with van der Waals surface area (Å²) in [5.41, 5.74) is -0.652. The van der Waals surface area contributed by atoms with Crippen LogP contribution >= 0.6 is 0 Å². The van der Waals surface area contributed by atoms with Crippen LogP contribution in [0.5, 0.6) is 6.01 Å². The van der Waals surface area contributed by atoms with E-state index in [2.05, 4.69) is 16.3 Å². The van der Waals surface area contributed by atoms with Crippen LogP contribution in [-0.4, -0.2) is 89.7 Å². The molecule has 0 spiro atoms. The molecule has 0 N–H and O–H groups in total. The first-order chi connectivity index (χ1) is 22.1. The zero-order valence-corrected chi connectivity index (χ0v) is 25.9. The summed E-state index contributed by atoms with van der Waals surface area (Å²) in [4.78, 5) is 33.6. The number of benzene rings is 1. The smallest absolute Gasteiger partial charge is 0.421 e. The second-order valence-electron chi connectivity index (χ2n) is 12.7. The van der Waals surface area contributed by atoms with Gasteiger partial charge in [-0.25, -0.2) is 11.0 Å². The predicted octanol–water partition coefficient (Wildman–Crippen LogP) is 5.11. The highest BCUT2D eigenvalue weighted by Crippen LogP contribution is 2.41. The third-order valence-electron chi connectivity index (χ3n) is 9.71. The van der Waals surface area contributed by atoms with Gasteiger partial charge in [0.05, 0.1) is 17.9 Å². The van der Waals surface area contributed by atoms with Crippen LogP contribution in [0.25, 0.3) is 4.85 Å². The van der Waals surface area contributed by atoms with Crippen molar-refractivity contribution in [2.45, 2.75) is 69.3 Å². The maximum Gasteiger partial charge on any atom is 0.421 e. The summed E-state index contributed by atoms with van der Waals surface area (Å²) in [7, 11) is 0. The second kappa shape index (κ2) is 13.1. The van der Waals surface area contributed by atoms with Crippen LogP contribution in [0.3, 0.4) is 0 Å². The molecule has 1 amide bonds. The zero-order valence-electron chi connectivity index (χ0n) is 25.9. The van der Waals surface area contributed by atoms with E-state index in [1.165, 1.54) is 23.1 Å². The predicted molar refractivity (Wildman–Crippen MR) is 165 cm³/mol. The van der Waals surface area contributed by atoms with E-state index in [1.807, 2.05) is 4.90 Å². The van der Waals surface area contributed by atoms with Gasteiger partial charge in [-0.05, 0) is 76.2 Å². The normalized spacial score (nSPS) is 21.6. The molecule has 1 saturated carbocycles. The molecule has 2 saturated heterocycles. The Morgan fingerprint density at radius 2 is 1.85 bits per heavy atom. The second-order valence-corrected chi connectivity index (χ2v) is 12.7. The number of piperazine rings is 1. The molecular formula is C33H39F4N7O2. The number of aromatic nitrogens is 2. The Morgan fingerprint density at radius 3 is 2.54 bits per heavy atom. The minimum Gasteiger partial charge on any atom is -0.455 e. The minimum absolute atomic E-state index is 0.0211. The summed E-state index contributed by atoms with van der Waals surface area (Å²) in [6, 6.07) is 3.21. The van der Waals surface area contributed by atoms with Crippen molar-refractivity contribution in [2.75, 3.05) is 62.2 Å². The molecule has 9 nitrogen and oxygen atoms in total. The van der Waals surface area contributed by atoms with E-state index < -0.39 is 23.2 Å². The first-order valence-electron chi connectivity index (χ1n) is 16.0. The zero-order chi connectivity index (χ0) is 32.5. The molecule has 3 fully saturated rings. The summed E-state index contributed by atoms with van der Waals surface area (Å²) < 4.78 is 63.3. The lowest BCUT2D eigenvalue weighted by molar-refractivity contribution is -0.139. The van der Waals surface area contributed by atoms with Crippen molar-refractivity contribution in [3.05, 3.63) is 64.9 Å². The number of fused-ring (bicyclic) bond motifs is 1. The number of rotatable bonds is 8. The van der Waals surface area contributed by atoms with Crippen molar-refractivity contribution in [3.8, 4) is 6.01 Å². The monoisotopic (exact) mass is 641 g/mol. The fraction of sp³-hybridized carbons (Fsp3) is 0.576. The van der Waals surface area contributed by atoms with E-state index in [4.69, 9.17) is 21.3 Å². The van der Waals surface area contributed by atoms with Gasteiger partial charge in [0.15, 0.2) is 0 Å². The van der Waals surface area contributed by atoms with E-state index in [-0.39, 0.29) is 43.3 Å². The van der Waals surface area contributed by atoms with Crippen molar-refractivity contribution in [1.82, 2.24) is 19.8 Å². The number of alkyl halides is 3. The number of ether oxygens (including phenoxy) is 1. The molecule has 1 aliphatic carbocycles. The Balaban J connectivity index is 1.37. The number of hydrogen-bond donors (Lipinski definition) is 0. The molecular weight excluding hydrogens is 602 g/mol. The number of hydrogen-bond acceptors (Lipinski definition) is 7.